The van der Waals surface area contributed by atoms with Gasteiger partial charge in [-0.25, -0.2) is 4.79 Å². The van der Waals surface area contributed by atoms with Crippen LogP contribution in [0.25, 0.3) is 0 Å². The van der Waals surface area contributed by atoms with Crippen molar-refractivity contribution in [1.29, 1.82) is 0 Å². The Kier molecular flexibility index (Phi) is 4.38. The van der Waals surface area contributed by atoms with Gasteiger partial charge in [0, 0.05) is 31.5 Å². The molecule has 5 heteroatoms. The molecule has 94 valence electrons. The lowest BCUT2D eigenvalue weighted by molar-refractivity contribution is -0.144. The summed E-state index contributed by atoms with van der Waals surface area (Å²) in [5.74, 6) is 1.33. The van der Waals surface area contributed by atoms with E-state index in [1.165, 1.54) is 0 Å². The molecule has 0 aromatic carbocycles. The third kappa shape index (κ3) is 3.38. The van der Waals surface area contributed by atoms with Crippen molar-refractivity contribution in [2.45, 2.75) is 26.3 Å². The van der Waals surface area contributed by atoms with Gasteiger partial charge < -0.3 is 15.3 Å². The number of likely N-dealkylation sites (tertiary alicyclic amines) is 1. The van der Waals surface area contributed by atoms with E-state index in [1.54, 1.807) is 11.8 Å². The zero-order valence-corrected chi connectivity index (χ0v) is 10.1. The molecule has 0 spiro atoms. The second-order valence-electron chi connectivity index (χ2n) is 4.55. The van der Waals surface area contributed by atoms with Crippen molar-refractivity contribution in [2.75, 3.05) is 13.1 Å². The van der Waals surface area contributed by atoms with Gasteiger partial charge in [-0.05, 0) is 6.92 Å². The van der Waals surface area contributed by atoms with E-state index in [2.05, 4.69) is 11.2 Å². The standard InChI is InChI=1S/C12H18N2O3/c1-4-5-8(2)13-12(17)14-6-10(7-14)9(3)11(15)16/h1,8-10H,5-7H2,2-3H3,(H,13,17)(H,15,16). The number of urea groups is 1. The zero-order chi connectivity index (χ0) is 13.0. The first-order valence-electron chi connectivity index (χ1n) is 5.67. The van der Waals surface area contributed by atoms with Crippen LogP contribution in [0.15, 0.2) is 0 Å². The van der Waals surface area contributed by atoms with Gasteiger partial charge in [-0.3, -0.25) is 4.79 Å². The Balaban J connectivity index is 2.31. The number of terminal acetylenes is 1. The molecule has 5 nitrogen and oxygen atoms in total. The number of hydrogen-bond acceptors (Lipinski definition) is 2. The number of hydrogen-bond donors (Lipinski definition) is 2. The van der Waals surface area contributed by atoms with Crippen LogP contribution < -0.4 is 5.32 Å². The largest absolute Gasteiger partial charge is 0.481 e. The Bertz CT molecular complexity index is 342. The number of nitrogens with zero attached hydrogens (tertiary/aromatic N) is 1. The minimum absolute atomic E-state index is 0.0524. The lowest BCUT2D eigenvalue weighted by atomic mass is 9.87. The van der Waals surface area contributed by atoms with Crippen LogP contribution in [-0.2, 0) is 4.79 Å². The number of carboxylic acids is 1. The van der Waals surface area contributed by atoms with Crippen LogP contribution >= 0.6 is 0 Å². The summed E-state index contributed by atoms with van der Waals surface area (Å²) < 4.78 is 0. The Morgan fingerprint density at radius 1 is 1.53 bits per heavy atom. The van der Waals surface area contributed by atoms with Crippen LogP contribution in [0.3, 0.4) is 0 Å². The number of carbonyl (C=O) groups excluding carboxylic acids is 1. The molecule has 2 N–H and O–H groups in total. The Morgan fingerprint density at radius 2 is 2.12 bits per heavy atom. The van der Waals surface area contributed by atoms with E-state index in [9.17, 15) is 9.59 Å². The number of carboxylic acid groups (broad SMARTS) is 1. The van der Waals surface area contributed by atoms with Crippen LogP contribution in [0, 0.1) is 24.2 Å². The van der Waals surface area contributed by atoms with Crippen molar-refractivity contribution >= 4 is 12.0 Å². The predicted molar refractivity (Wildman–Crippen MR) is 63.3 cm³/mol. The van der Waals surface area contributed by atoms with E-state index in [4.69, 9.17) is 11.5 Å². The average molecular weight is 238 g/mol. The van der Waals surface area contributed by atoms with Crippen molar-refractivity contribution in [2.24, 2.45) is 11.8 Å². The van der Waals surface area contributed by atoms with Gasteiger partial charge in [0.2, 0.25) is 0 Å². The van der Waals surface area contributed by atoms with E-state index in [-0.39, 0.29) is 18.0 Å². The number of aliphatic carboxylic acids is 1. The zero-order valence-electron chi connectivity index (χ0n) is 10.1. The molecule has 2 atom stereocenters. The summed E-state index contributed by atoms with van der Waals surface area (Å²) in [6.07, 6.45) is 5.64. The second kappa shape index (κ2) is 5.58. The molecular formula is C12H18N2O3. The fourth-order valence-electron chi connectivity index (χ4n) is 1.73. The molecule has 2 amide bonds. The topological polar surface area (TPSA) is 69.6 Å². The maximum Gasteiger partial charge on any atom is 0.317 e. The third-order valence-corrected chi connectivity index (χ3v) is 3.09. The second-order valence-corrected chi connectivity index (χ2v) is 4.55. The number of nitrogens with one attached hydrogen (secondary N) is 1. The van der Waals surface area contributed by atoms with Gasteiger partial charge in [-0.2, -0.15) is 0 Å². The number of amides is 2. The van der Waals surface area contributed by atoms with Crippen LogP contribution in [-0.4, -0.2) is 41.1 Å². The van der Waals surface area contributed by atoms with Crippen molar-refractivity contribution in [3.05, 3.63) is 0 Å². The van der Waals surface area contributed by atoms with Crippen LogP contribution in [0.1, 0.15) is 20.3 Å². The monoisotopic (exact) mass is 238 g/mol. The smallest absolute Gasteiger partial charge is 0.317 e. The lowest BCUT2D eigenvalue weighted by Crippen LogP contribution is -2.57. The van der Waals surface area contributed by atoms with Crippen LogP contribution in [0.5, 0.6) is 0 Å². The van der Waals surface area contributed by atoms with E-state index >= 15 is 0 Å². The summed E-state index contributed by atoms with van der Waals surface area (Å²) in [5.41, 5.74) is 0. The summed E-state index contributed by atoms with van der Waals surface area (Å²) in [6.45, 7) is 4.52. The predicted octanol–water partition coefficient (Wildman–Crippen LogP) is 0.760. The Hall–Kier alpha value is -1.70. The molecular weight excluding hydrogens is 220 g/mol. The molecule has 0 saturated carbocycles. The molecule has 1 rings (SSSR count). The van der Waals surface area contributed by atoms with E-state index < -0.39 is 11.9 Å². The van der Waals surface area contributed by atoms with E-state index in [0.717, 1.165) is 0 Å². The quantitative estimate of drug-likeness (QED) is 0.710. The van der Waals surface area contributed by atoms with Crippen LogP contribution in [0.4, 0.5) is 4.79 Å². The molecule has 17 heavy (non-hydrogen) atoms. The summed E-state index contributed by atoms with van der Waals surface area (Å²) in [7, 11) is 0. The van der Waals surface area contributed by atoms with Gasteiger partial charge >= 0.3 is 12.0 Å². The molecule has 1 aliphatic heterocycles. The highest BCUT2D eigenvalue weighted by molar-refractivity contribution is 5.76. The maximum absolute atomic E-state index is 11.6. The van der Waals surface area contributed by atoms with Crippen molar-refractivity contribution in [1.82, 2.24) is 10.2 Å². The SMILES string of the molecule is C#CCC(C)NC(=O)N1CC(C(C)C(=O)O)C1. The van der Waals surface area contributed by atoms with Gasteiger partial charge in [0.1, 0.15) is 0 Å². The molecule has 0 aliphatic carbocycles. The van der Waals surface area contributed by atoms with Crippen molar-refractivity contribution < 1.29 is 14.7 Å². The minimum atomic E-state index is -0.809. The van der Waals surface area contributed by atoms with Gasteiger partial charge in [0.05, 0.1) is 5.92 Å². The molecule has 1 aliphatic rings. The Morgan fingerprint density at radius 3 is 2.59 bits per heavy atom. The fraction of sp³-hybridized carbons (Fsp3) is 0.667. The van der Waals surface area contributed by atoms with Crippen molar-refractivity contribution in [3.63, 3.8) is 0 Å². The molecule has 0 bridgehead atoms. The molecule has 2 unspecified atom stereocenters. The average Bonchev–Trinajstić information content (AvgIpc) is 2.14. The fourth-order valence-corrected chi connectivity index (χ4v) is 1.73. The third-order valence-electron chi connectivity index (χ3n) is 3.09. The van der Waals surface area contributed by atoms with Gasteiger partial charge in [0.25, 0.3) is 0 Å². The van der Waals surface area contributed by atoms with Gasteiger partial charge in [-0.15, -0.1) is 12.3 Å². The van der Waals surface area contributed by atoms with Gasteiger partial charge in [-0.1, -0.05) is 6.92 Å². The summed E-state index contributed by atoms with van der Waals surface area (Å²) in [4.78, 5) is 24.0. The van der Waals surface area contributed by atoms with Gasteiger partial charge in [0.15, 0.2) is 0 Å². The van der Waals surface area contributed by atoms with Crippen LogP contribution in [0.2, 0.25) is 0 Å². The molecule has 0 aromatic heterocycles. The minimum Gasteiger partial charge on any atom is -0.481 e. The van der Waals surface area contributed by atoms with E-state index in [0.29, 0.717) is 19.5 Å². The molecule has 0 radical (unpaired) electrons. The first-order chi connectivity index (χ1) is 7.95. The summed E-state index contributed by atoms with van der Waals surface area (Å²) >= 11 is 0. The first kappa shape index (κ1) is 13.4. The normalized spacial score (nSPS) is 18.8. The highest BCUT2D eigenvalue weighted by atomic mass is 16.4. The molecule has 0 aromatic rings. The molecule has 1 fully saturated rings. The Labute approximate surface area is 101 Å². The highest BCUT2D eigenvalue weighted by Gasteiger charge is 2.37. The first-order valence-corrected chi connectivity index (χ1v) is 5.67. The summed E-state index contributed by atoms with van der Waals surface area (Å²) in [6, 6.07) is -0.218. The molecule has 1 saturated heterocycles. The lowest BCUT2D eigenvalue weighted by Gasteiger charge is -2.41. The maximum atomic E-state index is 11.6. The number of rotatable bonds is 4. The van der Waals surface area contributed by atoms with E-state index in [1.807, 2.05) is 6.92 Å². The van der Waals surface area contributed by atoms with Crippen molar-refractivity contribution in [3.8, 4) is 12.3 Å². The highest BCUT2D eigenvalue weighted by Crippen LogP contribution is 2.23. The summed E-state index contributed by atoms with van der Waals surface area (Å²) in [5, 5.41) is 11.6. The molecule has 1 heterocycles. The number of carbonyl (C=O) groups is 2.